The highest BCUT2D eigenvalue weighted by Gasteiger charge is 2.09. The molecular formula is C4H13N3. The number of nitrogens with one attached hydrogen (secondary N) is 1. The van der Waals surface area contributed by atoms with Crippen LogP contribution < -0.4 is 16.8 Å². The third kappa shape index (κ3) is 2.56. The second-order valence-electron chi connectivity index (χ2n) is 1.87. The second-order valence-corrected chi connectivity index (χ2v) is 1.87. The third-order valence-corrected chi connectivity index (χ3v) is 0.995. The monoisotopic (exact) mass is 103 g/mol. The Bertz CT molecular complexity index is 44.9. The van der Waals surface area contributed by atoms with Gasteiger partial charge in [0.15, 0.2) is 0 Å². The Morgan fingerprint density at radius 1 is 1.71 bits per heavy atom. The van der Waals surface area contributed by atoms with Gasteiger partial charge in [-0.05, 0) is 14.0 Å². The van der Waals surface area contributed by atoms with Crippen molar-refractivity contribution < 1.29 is 0 Å². The Hall–Kier alpha value is -0.120. The normalized spacial score (nSPS) is 18.9. The lowest BCUT2D eigenvalue weighted by Crippen LogP contribution is -2.54. The zero-order chi connectivity index (χ0) is 5.91. The van der Waals surface area contributed by atoms with E-state index in [2.05, 4.69) is 5.32 Å². The first-order valence-electron chi connectivity index (χ1n) is 2.30. The zero-order valence-corrected chi connectivity index (χ0v) is 4.86. The molecule has 5 N–H and O–H groups in total. The van der Waals surface area contributed by atoms with Crippen molar-refractivity contribution in [2.24, 2.45) is 11.5 Å². The van der Waals surface area contributed by atoms with E-state index < -0.39 is 0 Å². The zero-order valence-electron chi connectivity index (χ0n) is 4.86. The Morgan fingerprint density at radius 3 is 2.14 bits per heavy atom. The maximum Gasteiger partial charge on any atom is 0.0756 e. The Morgan fingerprint density at radius 2 is 2.14 bits per heavy atom. The minimum absolute atomic E-state index is 0.389. The lowest BCUT2D eigenvalue weighted by atomic mass is 10.2. The summed E-state index contributed by atoms with van der Waals surface area (Å²) in [6, 6.07) is 0. The molecule has 0 fully saturated rings. The minimum Gasteiger partial charge on any atom is -0.328 e. The van der Waals surface area contributed by atoms with Gasteiger partial charge >= 0.3 is 0 Å². The maximum atomic E-state index is 5.48. The summed E-state index contributed by atoms with van der Waals surface area (Å²) in [6.07, 6.45) is 0. The van der Waals surface area contributed by atoms with Crippen LogP contribution in [0, 0.1) is 0 Å². The van der Waals surface area contributed by atoms with Crippen molar-refractivity contribution in [3.8, 4) is 0 Å². The van der Waals surface area contributed by atoms with Crippen LogP contribution >= 0.6 is 0 Å². The smallest absolute Gasteiger partial charge is 0.0756 e. The second kappa shape index (κ2) is 2.26. The quantitative estimate of drug-likeness (QED) is 0.386. The van der Waals surface area contributed by atoms with Gasteiger partial charge in [-0.15, -0.1) is 0 Å². The predicted octanol–water partition coefficient (Wildman–Crippen LogP) is -1.16. The summed E-state index contributed by atoms with van der Waals surface area (Å²) >= 11 is 0. The molecule has 0 amide bonds. The minimum atomic E-state index is -0.389. The van der Waals surface area contributed by atoms with Crippen LogP contribution in [0.15, 0.2) is 0 Å². The number of hydrogen-bond donors (Lipinski definition) is 3. The van der Waals surface area contributed by atoms with Crippen molar-refractivity contribution in [2.45, 2.75) is 12.6 Å². The molecule has 0 heterocycles. The average Bonchev–Trinajstić information content (AvgIpc) is 1.68. The Labute approximate surface area is 44.1 Å². The summed E-state index contributed by atoms with van der Waals surface area (Å²) in [7, 11) is 1.78. The van der Waals surface area contributed by atoms with Gasteiger partial charge < -0.3 is 16.8 Å². The van der Waals surface area contributed by atoms with Crippen LogP contribution in [0.25, 0.3) is 0 Å². The summed E-state index contributed by atoms with van der Waals surface area (Å²) in [5.74, 6) is 0. The molecule has 0 aliphatic carbocycles. The first-order valence-corrected chi connectivity index (χ1v) is 2.30. The van der Waals surface area contributed by atoms with Gasteiger partial charge in [0.1, 0.15) is 0 Å². The molecule has 0 aliphatic heterocycles. The van der Waals surface area contributed by atoms with Crippen LogP contribution in [0.5, 0.6) is 0 Å². The molecule has 3 nitrogen and oxygen atoms in total. The molecule has 7 heavy (non-hydrogen) atoms. The van der Waals surface area contributed by atoms with E-state index in [1.165, 1.54) is 0 Å². The molecule has 0 saturated heterocycles. The van der Waals surface area contributed by atoms with Gasteiger partial charge in [0, 0.05) is 6.54 Å². The first kappa shape index (κ1) is 6.88. The van der Waals surface area contributed by atoms with Crippen LogP contribution in [-0.4, -0.2) is 19.3 Å². The fourth-order valence-electron chi connectivity index (χ4n) is 0.102. The third-order valence-electron chi connectivity index (χ3n) is 0.995. The lowest BCUT2D eigenvalue weighted by Gasteiger charge is -2.20. The summed E-state index contributed by atoms with van der Waals surface area (Å²) in [6.45, 7) is 2.30. The van der Waals surface area contributed by atoms with Crippen molar-refractivity contribution in [1.82, 2.24) is 5.32 Å². The van der Waals surface area contributed by atoms with Gasteiger partial charge in [0.2, 0.25) is 0 Å². The molecule has 0 rings (SSSR count). The summed E-state index contributed by atoms with van der Waals surface area (Å²) < 4.78 is 0. The summed E-state index contributed by atoms with van der Waals surface area (Å²) in [5, 5.41) is 2.84. The van der Waals surface area contributed by atoms with Crippen LogP contribution in [0.1, 0.15) is 6.92 Å². The van der Waals surface area contributed by atoms with Crippen molar-refractivity contribution in [3.05, 3.63) is 0 Å². The van der Waals surface area contributed by atoms with E-state index in [0.717, 1.165) is 0 Å². The highest BCUT2D eigenvalue weighted by atomic mass is 15.1. The fraction of sp³-hybridized carbons (Fsp3) is 1.00. The SMILES string of the molecule is CNC(C)(N)CN. The largest absolute Gasteiger partial charge is 0.328 e. The van der Waals surface area contributed by atoms with Crippen molar-refractivity contribution >= 4 is 0 Å². The molecule has 0 aromatic carbocycles. The first-order chi connectivity index (χ1) is 3.12. The van der Waals surface area contributed by atoms with Crippen molar-refractivity contribution in [3.63, 3.8) is 0 Å². The maximum absolute atomic E-state index is 5.48. The molecule has 1 unspecified atom stereocenters. The van der Waals surface area contributed by atoms with Crippen molar-refractivity contribution in [1.29, 1.82) is 0 Å². The molecule has 0 aliphatic rings. The predicted molar refractivity (Wildman–Crippen MR) is 30.7 cm³/mol. The van der Waals surface area contributed by atoms with Gasteiger partial charge in [-0.1, -0.05) is 0 Å². The van der Waals surface area contributed by atoms with Crippen LogP contribution in [-0.2, 0) is 0 Å². The van der Waals surface area contributed by atoms with Gasteiger partial charge in [0.05, 0.1) is 5.66 Å². The van der Waals surface area contributed by atoms with E-state index in [1.54, 1.807) is 7.05 Å². The molecule has 0 aromatic heterocycles. The molecule has 3 heteroatoms. The van der Waals surface area contributed by atoms with Gasteiger partial charge in [-0.2, -0.15) is 0 Å². The Kier molecular flexibility index (Phi) is 2.22. The number of rotatable bonds is 2. The molecule has 44 valence electrons. The molecule has 1 atom stereocenters. The lowest BCUT2D eigenvalue weighted by molar-refractivity contribution is 0.411. The molecule has 0 saturated carbocycles. The Balaban J connectivity index is 3.36. The van der Waals surface area contributed by atoms with E-state index in [4.69, 9.17) is 11.5 Å². The van der Waals surface area contributed by atoms with Crippen LogP contribution in [0.3, 0.4) is 0 Å². The van der Waals surface area contributed by atoms with Crippen molar-refractivity contribution in [2.75, 3.05) is 13.6 Å². The van der Waals surface area contributed by atoms with E-state index in [-0.39, 0.29) is 5.66 Å². The average molecular weight is 103 g/mol. The molecule has 0 radical (unpaired) electrons. The highest BCUT2D eigenvalue weighted by Crippen LogP contribution is 1.83. The van der Waals surface area contributed by atoms with Gasteiger partial charge in [-0.25, -0.2) is 0 Å². The van der Waals surface area contributed by atoms with E-state index in [1.807, 2.05) is 6.92 Å². The van der Waals surface area contributed by atoms with Gasteiger partial charge in [-0.3, -0.25) is 0 Å². The van der Waals surface area contributed by atoms with E-state index in [0.29, 0.717) is 6.54 Å². The van der Waals surface area contributed by atoms with E-state index in [9.17, 15) is 0 Å². The summed E-state index contributed by atoms with van der Waals surface area (Å²) in [4.78, 5) is 0. The van der Waals surface area contributed by atoms with Crippen LogP contribution in [0.2, 0.25) is 0 Å². The summed E-state index contributed by atoms with van der Waals surface area (Å²) in [5.41, 5.74) is 10.3. The number of likely N-dealkylation sites (N-methyl/N-ethyl adjacent to an activating group) is 1. The van der Waals surface area contributed by atoms with E-state index >= 15 is 0 Å². The highest BCUT2D eigenvalue weighted by molar-refractivity contribution is 4.72. The molecular weight excluding hydrogens is 90.1 g/mol. The van der Waals surface area contributed by atoms with Gasteiger partial charge in [0.25, 0.3) is 0 Å². The molecule has 0 aromatic rings. The molecule has 0 bridgehead atoms. The molecule has 0 spiro atoms. The number of nitrogens with two attached hydrogens (primary N) is 2. The topological polar surface area (TPSA) is 64.1 Å². The fourth-order valence-corrected chi connectivity index (χ4v) is 0.102. The standard InChI is InChI=1S/C4H13N3/c1-4(6,3-5)7-2/h7H,3,5-6H2,1-2H3. The van der Waals surface area contributed by atoms with Crippen LogP contribution in [0.4, 0.5) is 0 Å². The number of hydrogen-bond acceptors (Lipinski definition) is 3.